The molecule has 1 atom stereocenters. The molecule has 8 heteroatoms. The molecule has 1 heterocycles. The summed E-state index contributed by atoms with van der Waals surface area (Å²) in [5.41, 5.74) is 8.09. The second kappa shape index (κ2) is 9.67. The highest BCUT2D eigenvalue weighted by atomic mass is 32.2. The van der Waals surface area contributed by atoms with Gasteiger partial charge in [-0.15, -0.1) is 23.1 Å². The minimum absolute atomic E-state index is 0.0671. The summed E-state index contributed by atoms with van der Waals surface area (Å²) in [6, 6.07) is 13.1. The number of thiazole rings is 1. The van der Waals surface area contributed by atoms with Crippen LogP contribution in [0.1, 0.15) is 13.3 Å². The number of thioether (sulfide) groups is 1. The van der Waals surface area contributed by atoms with E-state index in [1.165, 1.54) is 23.1 Å². The standard InChI is InChI=1S/C21H23N3O3S2/c1-4-19(29-15-8-6-14(22)7-9-15)20(25)24-21-23-16(12-28-21)13-5-10-17(26-2)18(11-13)27-3/h5-12,19H,4,22H2,1-3H3,(H,23,24,25). The van der Waals surface area contributed by atoms with E-state index in [4.69, 9.17) is 15.2 Å². The van der Waals surface area contributed by atoms with Gasteiger partial charge in [0.15, 0.2) is 16.6 Å². The lowest BCUT2D eigenvalue weighted by atomic mass is 10.1. The molecule has 152 valence electrons. The third-order valence-corrected chi connectivity index (χ3v) is 6.37. The first-order valence-corrected chi connectivity index (χ1v) is 10.8. The second-order valence-corrected chi connectivity index (χ2v) is 8.31. The third kappa shape index (κ3) is 5.21. The average Bonchev–Trinajstić information content (AvgIpc) is 3.21. The van der Waals surface area contributed by atoms with Gasteiger partial charge in [0.05, 0.1) is 25.2 Å². The number of anilines is 2. The Morgan fingerprint density at radius 2 is 1.90 bits per heavy atom. The van der Waals surface area contributed by atoms with E-state index in [-0.39, 0.29) is 11.2 Å². The maximum atomic E-state index is 12.7. The smallest absolute Gasteiger partial charge is 0.239 e. The van der Waals surface area contributed by atoms with Gasteiger partial charge in [0.1, 0.15) is 0 Å². The van der Waals surface area contributed by atoms with Crippen LogP contribution in [-0.2, 0) is 4.79 Å². The van der Waals surface area contributed by atoms with Crippen LogP contribution in [0.2, 0.25) is 0 Å². The number of nitrogens with one attached hydrogen (secondary N) is 1. The molecule has 1 aromatic heterocycles. The number of carbonyl (C=O) groups is 1. The van der Waals surface area contributed by atoms with Crippen LogP contribution in [0.3, 0.4) is 0 Å². The van der Waals surface area contributed by atoms with Crippen molar-refractivity contribution in [1.82, 2.24) is 4.98 Å². The molecule has 3 N–H and O–H groups in total. The van der Waals surface area contributed by atoms with Crippen LogP contribution in [0, 0.1) is 0 Å². The van der Waals surface area contributed by atoms with Gasteiger partial charge in [0.2, 0.25) is 5.91 Å². The van der Waals surface area contributed by atoms with Gasteiger partial charge in [-0.05, 0) is 48.9 Å². The number of rotatable bonds is 8. The molecule has 29 heavy (non-hydrogen) atoms. The number of ether oxygens (including phenoxy) is 2. The SMILES string of the molecule is CCC(Sc1ccc(N)cc1)C(=O)Nc1nc(-c2ccc(OC)c(OC)c2)cs1. The normalized spacial score (nSPS) is 11.7. The Balaban J connectivity index is 1.70. The summed E-state index contributed by atoms with van der Waals surface area (Å²) in [4.78, 5) is 18.3. The van der Waals surface area contributed by atoms with Crippen molar-refractivity contribution in [2.45, 2.75) is 23.5 Å². The second-order valence-electron chi connectivity index (χ2n) is 6.18. The predicted octanol–water partition coefficient (Wildman–Crippen LogP) is 4.92. The number of nitrogens with two attached hydrogens (primary N) is 1. The molecule has 3 rings (SSSR count). The van der Waals surface area contributed by atoms with Crippen LogP contribution in [0.15, 0.2) is 52.7 Å². The van der Waals surface area contributed by atoms with E-state index in [9.17, 15) is 4.79 Å². The summed E-state index contributed by atoms with van der Waals surface area (Å²) < 4.78 is 10.6. The fourth-order valence-corrected chi connectivity index (χ4v) is 4.36. The van der Waals surface area contributed by atoms with E-state index >= 15 is 0 Å². The Kier molecular flexibility index (Phi) is 7.00. The van der Waals surface area contributed by atoms with Crippen molar-refractivity contribution in [3.63, 3.8) is 0 Å². The van der Waals surface area contributed by atoms with E-state index < -0.39 is 0 Å². The number of aromatic nitrogens is 1. The van der Waals surface area contributed by atoms with Crippen molar-refractivity contribution in [2.75, 3.05) is 25.3 Å². The van der Waals surface area contributed by atoms with Crippen LogP contribution in [0.5, 0.6) is 11.5 Å². The highest BCUT2D eigenvalue weighted by Gasteiger charge is 2.19. The molecule has 0 saturated carbocycles. The average molecular weight is 430 g/mol. The number of carbonyl (C=O) groups excluding carboxylic acids is 1. The molecule has 0 bridgehead atoms. The predicted molar refractivity (Wildman–Crippen MR) is 120 cm³/mol. The van der Waals surface area contributed by atoms with Crippen LogP contribution < -0.4 is 20.5 Å². The van der Waals surface area contributed by atoms with Crippen molar-refractivity contribution >= 4 is 39.8 Å². The third-order valence-electron chi connectivity index (χ3n) is 4.24. The maximum Gasteiger partial charge on any atom is 0.239 e. The Morgan fingerprint density at radius 1 is 1.17 bits per heavy atom. The van der Waals surface area contributed by atoms with Gasteiger partial charge in [-0.2, -0.15) is 0 Å². The van der Waals surface area contributed by atoms with Crippen molar-refractivity contribution in [1.29, 1.82) is 0 Å². The Morgan fingerprint density at radius 3 is 2.55 bits per heavy atom. The van der Waals surface area contributed by atoms with E-state index in [0.29, 0.717) is 28.7 Å². The number of amides is 1. The van der Waals surface area contributed by atoms with Crippen LogP contribution >= 0.6 is 23.1 Å². The molecule has 0 spiro atoms. The van der Waals surface area contributed by atoms with Crippen LogP contribution in [-0.4, -0.2) is 30.4 Å². The zero-order chi connectivity index (χ0) is 20.8. The van der Waals surface area contributed by atoms with E-state index in [2.05, 4.69) is 10.3 Å². The summed E-state index contributed by atoms with van der Waals surface area (Å²) in [6.45, 7) is 1.99. The van der Waals surface area contributed by atoms with Gasteiger partial charge in [0.25, 0.3) is 0 Å². The number of hydrogen-bond acceptors (Lipinski definition) is 7. The van der Waals surface area contributed by atoms with Gasteiger partial charge in [-0.25, -0.2) is 4.98 Å². The largest absolute Gasteiger partial charge is 0.493 e. The minimum atomic E-state index is -0.216. The first-order valence-electron chi connectivity index (χ1n) is 9.05. The molecule has 0 fully saturated rings. The van der Waals surface area contributed by atoms with Gasteiger partial charge in [-0.3, -0.25) is 4.79 Å². The Labute approximate surface area is 178 Å². The van der Waals surface area contributed by atoms with Crippen molar-refractivity contribution in [2.24, 2.45) is 0 Å². The van der Waals surface area contributed by atoms with E-state index in [1.807, 2.05) is 54.8 Å². The lowest BCUT2D eigenvalue weighted by Crippen LogP contribution is -2.24. The van der Waals surface area contributed by atoms with Crippen molar-refractivity contribution < 1.29 is 14.3 Å². The molecule has 0 aliphatic heterocycles. The van der Waals surface area contributed by atoms with E-state index in [1.54, 1.807) is 14.2 Å². The van der Waals surface area contributed by atoms with Gasteiger partial charge in [-0.1, -0.05) is 6.92 Å². The summed E-state index contributed by atoms with van der Waals surface area (Å²) >= 11 is 2.91. The lowest BCUT2D eigenvalue weighted by Gasteiger charge is -2.13. The number of nitrogens with zero attached hydrogens (tertiary/aromatic N) is 1. The highest BCUT2D eigenvalue weighted by molar-refractivity contribution is 8.00. The summed E-state index contributed by atoms with van der Waals surface area (Å²) in [7, 11) is 3.19. The Bertz CT molecular complexity index is 974. The molecule has 6 nitrogen and oxygen atoms in total. The zero-order valence-corrected chi connectivity index (χ0v) is 18.1. The van der Waals surface area contributed by atoms with Crippen LogP contribution in [0.25, 0.3) is 11.3 Å². The van der Waals surface area contributed by atoms with Crippen LogP contribution in [0.4, 0.5) is 10.8 Å². The molecule has 0 aliphatic rings. The molecular formula is C21H23N3O3S2. The van der Waals surface area contributed by atoms with Crippen molar-refractivity contribution in [3.8, 4) is 22.8 Å². The van der Waals surface area contributed by atoms with Gasteiger partial charge in [0, 0.05) is 21.5 Å². The summed E-state index contributed by atoms with van der Waals surface area (Å²) in [6.07, 6.45) is 0.703. The maximum absolute atomic E-state index is 12.7. The molecule has 0 saturated heterocycles. The minimum Gasteiger partial charge on any atom is -0.493 e. The van der Waals surface area contributed by atoms with Gasteiger partial charge >= 0.3 is 0 Å². The number of benzene rings is 2. The molecule has 2 aromatic carbocycles. The molecule has 1 unspecified atom stereocenters. The lowest BCUT2D eigenvalue weighted by molar-refractivity contribution is -0.115. The molecular weight excluding hydrogens is 406 g/mol. The topological polar surface area (TPSA) is 86.5 Å². The first-order chi connectivity index (χ1) is 14.0. The van der Waals surface area contributed by atoms with Gasteiger partial charge < -0.3 is 20.5 Å². The monoisotopic (exact) mass is 429 g/mol. The molecule has 3 aromatic rings. The van der Waals surface area contributed by atoms with E-state index in [0.717, 1.165) is 16.2 Å². The molecule has 1 amide bonds. The summed E-state index contributed by atoms with van der Waals surface area (Å²) in [5, 5.41) is 5.19. The fourth-order valence-electron chi connectivity index (χ4n) is 2.68. The quantitative estimate of drug-likeness (QED) is 0.390. The van der Waals surface area contributed by atoms with Crippen molar-refractivity contribution in [3.05, 3.63) is 47.8 Å². The zero-order valence-electron chi connectivity index (χ0n) is 16.5. The molecule has 0 radical (unpaired) electrons. The Hall–Kier alpha value is -2.71. The first kappa shape index (κ1) is 21.0. The summed E-state index contributed by atoms with van der Waals surface area (Å²) in [5.74, 6) is 1.22. The number of nitrogen functional groups attached to an aromatic ring is 1. The fraction of sp³-hybridized carbons (Fsp3) is 0.238. The number of hydrogen-bond donors (Lipinski definition) is 2. The highest BCUT2D eigenvalue weighted by Crippen LogP contribution is 2.34. The molecule has 0 aliphatic carbocycles. The number of methoxy groups -OCH3 is 2.